The third-order valence-corrected chi connectivity index (χ3v) is 5.46. The average Bonchev–Trinajstić information content (AvgIpc) is 2.69. The molecule has 0 radical (unpaired) electrons. The van der Waals surface area contributed by atoms with E-state index in [1.807, 2.05) is 0 Å². The molecule has 4 nitrogen and oxygen atoms in total. The molecule has 0 heterocycles. The molecule has 0 bridgehead atoms. The van der Waals surface area contributed by atoms with Crippen LogP contribution in [0.25, 0.3) is 0 Å². The summed E-state index contributed by atoms with van der Waals surface area (Å²) in [5.41, 5.74) is 0. The first kappa shape index (κ1) is 40.8. The van der Waals surface area contributed by atoms with Crippen LogP contribution in [0.3, 0.4) is 0 Å². The molecular weight excluding hydrogens is 634 g/mol. The second-order valence-electron chi connectivity index (χ2n) is 7.81. The molecular formula is C16H16F17NaO4S. The van der Waals surface area contributed by atoms with Gasteiger partial charge in [-0.25, -0.2) is 8.42 Å². The summed E-state index contributed by atoms with van der Waals surface area (Å²) in [4.78, 5) is 0. The van der Waals surface area contributed by atoms with Crippen LogP contribution < -0.4 is 29.6 Å². The van der Waals surface area contributed by atoms with Gasteiger partial charge in [-0.1, -0.05) is 26.2 Å². The molecule has 0 N–H and O–H groups in total. The molecule has 0 spiro atoms. The third kappa shape index (κ3) is 7.75. The summed E-state index contributed by atoms with van der Waals surface area (Å²) in [6, 6.07) is 0. The fourth-order valence-electron chi connectivity index (χ4n) is 2.72. The van der Waals surface area contributed by atoms with E-state index in [2.05, 4.69) is 4.18 Å². The number of hydrogen-bond donors (Lipinski definition) is 0. The predicted molar refractivity (Wildman–Crippen MR) is 88.6 cm³/mol. The molecule has 1 atom stereocenters. The van der Waals surface area contributed by atoms with Crippen molar-refractivity contribution in [1.29, 1.82) is 0 Å². The van der Waals surface area contributed by atoms with Crippen molar-refractivity contribution in [1.82, 2.24) is 0 Å². The molecule has 1 unspecified atom stereocenters. The normalized spacial score (nSPS) is 16.2. The summed E-state index contributed by atoms with van der Waals surface area (Å²) >= 11 is 0. The molecule has 0 aliphatic carbocycles. The van der Waals surface area contributed by atoms with Crippen molar-refractivity contribution in [2.24, 2.45) is 0 Å². The number of halogens is 17. The van der Waals surface area contributed by atoms with Gasteiger partial charge in [0.05, 0.1) is 6.10 Å². The van der Waals surface area contributed by atoms with Gasteiger partial charge in [-0.15, -0.1) is 0 Å². The summed E-state index contributed by atoms with van der Waals surface area (Å²) < 4.78 is 261. The van der Waals surface area contributed by atoms with Crippen LogP contribution in [0.2, 0.25) is 0 Å². The number of rotatable bonds is 15. The van der Waals surface area contributed by atoms with Crippen molar-refractivity contribution < 1.29 is 121 Å². The molecule has 23 heteroatoms. The topological polar surface area (TPSA) is 66.4 Å². The minimum atomic E-state index is -8.73. The number of alkyl halides is 17. The molecule has 0 aromatic carbocycles. The largest absolute Gasteiger partial charge is 1.00 e. The standard InChI is InChI=1S/C16H17F17O4S.Na/c1-2-3-4-5-8(37-38(34,35)36)6-7-9(17,18)10(19,20)11(21,22)12(23,24)13(25,26)14(27,28)15(29,30)16(31,32)33;/h8H,2-7H2,1H3,(H,34,35,36);/q;+1/p-1. The molecule has 0 aromatic heterocycles. The molecule has 0 rings (SSSR count). The van der Waals surface area contributed by atoms with Crippen molar-refractivity contribution in [2.75, 3.05) is 0 Å². The van der Waals surface area contributed by atoms with Gasteiger partial charge in [0.25, 0.3) is 0 Å². The van der Waals surface area contributed by atoms with Gasteiger partial charge in [-0.3, -0.25) is 4.18 Å². The van der Waals surface area contributed by atoms with Gasteiger partial charge in [0.1, 0.15) is 0 Å². The van der Waals surface area contributed by atoms with Crippen LogP contribution in [0, 0.1) is 0 Å². The van der Waals surface area contributed by atoms with Crippen LogP contribution in [0.4, 0.5) is 74.6 Å². The smallest absolute Gasteiger partial charge is 0.726 e. The Morgan fingerprint density at radius 3 is 1.31 bits per heavy atom. The van der Waals surface area contributed by atoms with Crippen LogP contribution in [0.1, 0.15) is 45.4 Å². The van der Waals surface area contributed by atoms with Crippen molar-refractivity contribution in [3.8, 4) is 0 Å². The summed E-state index contributed by atoms with van der Waals surface area (Å²) in [5.74, 6) is -57.3. The fourth-order valence-corrected chi connectivity index (χ4v) is 3.25. The number of hydrogen-bond acceptors (Lipinski definition) is 4. The van der Waals surface area contributed by atoms with E-state index in [4.69, 9.17) is 0 Å². The minimum absolute atomic E-state index is 0. The Hall–Kier alpha value is -0.320. The Kier molecular flexibility index (Phi) is 13.1. The van der Waals surface area contributed by atoms with E-state index in [0.29, 0.717) is 6.42 Å². The molecule has 0 aromatic rings. The maximum atomic E-state index is 13.9. The van der Waals surface area contributed by atoms with E-state index in [-0.39, 0.29) is 42.4 Å². The van der Waals surface area contributed by atoms with E-state index in [0.717, 1.165) is 0 Å². The maximum Gasteiger partial charge on any atom is 1.00 e. The van der Waals surface area contributed by atoms with Gasteiger partial charge in [-0.05, 0) is 12.8 Å². The van der Waals surface area contributed by atoms with E-state index >= 15 is 0 Å². The average molecular weight is 650 g/mol. The minimum Gasteiger partial charge on any atom is -0.726 e. The van der Waals surface area contributed by atoms with Crippen LogP contribution in [-0.4, -0.2) is 66.7 Å². The summed E-state index contributed by atoms with van der Waals surface area (Å²) in [5, 5.41) is 0. The molecule has 0 saturated carbocycles. The van der Waals surface area contributed by atoms with E-state index < -0.39 is 83.4 Å². The zero-order chi connectivity index (χ0) is 31.0. The molecule has 0 aliphatic heterocycles. The predicted octanol–water partition coefficient (Wildman–Crippen LogP) is 4.21. The SMILES string of the molecule is CCCCCC(CCC(F)(F)C(F)(F)C(F)(F)C(F)(F)C(F)(F)C(F)(F)C(F)(F)C(F)(F)F)OS(=O)(=O)[O-].[Na+]. The van der Waals surface area contributed by atoms with Gasteiger partial charge in [0, 0.05) is 6.42 Å². The van der Waals surface area contributed by atoms with Gasteiger partial charge < -0.3 is 4.55 Å². The molecule has 0 fully saturated rings. The second kappa shape index (κ2) is 12.5. The monoisotopic (exact) mass is 650 g/mol. The van der Waals surface area contributed by atoms with E-state index in [9.17, 15) is 87.6 Å². The van der Waals surface area contributed by atoms with E-state index in [1.54, 1.807) is 0 Å². The van der Waals surface area contributed by atoms with Crippen molar-refractivity contribution in [3.63, 3.8) is 0 Å². The van der Waals surface area contributed by atoms with Crippen molar-refractivity contribution in [3.05, 3.63) is 0 Å². The fraction of sp³-hybridized carbons (Fsp3) is 1.00. The van der Waals surface area contributed by atoms with Crippen molar-refractivity contribution in [2.45, 2.75) is 99.2 Å². The molecule has 39 heavy (non-hydrogen) atoms. The Balaban J connectivity index is 0. The van der Waals surface area contributed by atoms with Crippen LogP contribution in [0.15, 0.2) is 0 Å². The first-order valence-corrected chi connectivity index (χ1v) is 11.1. The zero-order valence-electron chi connectivity index (χ0n) is 19.3. The zero-order valence-corrected chi connectivity index (χ0v) is 22.1. The summed E-state index contributed by atoms with van der Waals surface area (Å²) in [6.45, 7) is 1.51. The first-order valence-electron chi connectivity index (χ1n) is 9.74. The van der Waals surface area contributed by atoms with E-state index in [1.165, 1.54) is 6.92 Å². The van der Waals surface area contributed by atoms with Crippen LogP contribution >= 0.6 is 0 Å². The Labute approximate surface area is 230 Å². The van der Waals surface area contributed by atoms with Crippen LogP contribution in [0.5, 0.6) is 0 Å². The van der Waals surface area contributed by atoms with Crippen LogP contribution in [-0.2, 0) is 14.6 Å². The third-order valence-electron chi connectivity index (χ3n) is 4.95. The molecule has 230 valence electrons. The van der Waals surface area contributed by atoms with Gasteiger partial charge >= 0.3 is 77.2 Å². The number of unbranched alkanes of at least 4 members (excludes halogenated alkanes) is 2. The summed E-state index contributed by atoms with van der Waals surface area (Å²) in [6.07, 6.45) is -15.3. The molecule has 0 saturated heterocycles. The quantitative estimate of drug-likeness (QED) is 0.0877. The second-order valence-corrected chi connectivity index (χ2v) is 8.82. The van der Waals surface area contributed by atoms with Gasteiger partial charge in [-0.2, -0.15) is 74.6 Å². The first-order chi connectivity index (χ1) is 16.4. The van der Waals surface area contributed by atoms with Gasteiger partial charge in [0.15, 0.2) is 0 Å². The Morgan fingerprint density at radius 2 is 0.974 bits per heavy atom. The van der Waals surface area contributed by atoms with Crippen molar-refractivity contribution >= 4 is 10.4 Å². The Bertz CT molecular complexity index is 905. The summed E-state index contributed by atoms with van der Waals surface area (Å²) in [7, 11) is -5.77. The molecule has 0 aliphatic rings. The molecule has 0 amide bonds. The maximum absolute atomic E-state index is 13.9. The Morgan fingerprint density at radius 1 is 0.615 bits per heavy atom. The van der Waals surface area contributed by atoms with Gasteiger partial charge in [0.2, 0.25) is 10.4 Å².